The highest BCUT2D eigenvalue weighted by atomic mass is 31.2. The SMILES string of the molecule is CCCCCC/C=C\C=C/CCCCCCCC(=O)O[C@H](COC(=O)CCCCCCCCC(C)CC)COP(=O)(O)OCC(O)COP(=O)(O)OC[C@@H](COC(=O)CCCCCCCCCCC(C)C)OC(=O)CCCCCCCCCCCCC(C)C. The molecule has 19 heteroatoms. The fourth-order valence-corrected chi connectivity index (χ4v) is 11.5. The zero-order valence-corrected chi connectivity index (χ0v) is 59.2. The van der Waals surface area contributed by atoms with Gasteiger partial charge in [-0.1, -0.05) is 272 Å². The van der Waals surface area contributed by atoms with Crippen molar-refractivity contribution in [1.29, 1.82) is 0 Å². The number of aliphatic hydroxyl groups excluding tert-OH is 1. The van der Waals surface area contributed by atoms with Gasteiger partial charge in [-0.25, -0.2) is 9.13 Å². The van der Waals surface area contributed by atoms with Crippen LogP contribution in [0.5, 0.6) is 0 Å². The average molecular weight is 1310 g/mol. The number of hydrogen-bond donors (Lipinski definition) is 3. The Balaban J connectivity index is 5.30. The smallest absolute Gasteiger partial charge is 0.462 e. The molecule has 6 atom stereocenters. The molecule has 89 heavy (non-hydrogen) atoms. The fraction of sp³-hybridized carbons (Fsp3) is 0.886. The maximum Gasteiger partial charge on any atom is 0.472 e. The molecule has 0 saturated heterocycles. The van der Waals surface area contributed by atoms with E-state index in [9.17, 15) is 43.2 Å². The van der Waals surface area contributed by atoms with Gasteiger partial charge in [0.25, 0.3) is 0 Å². The minimum atomic E-state index is -4.96. The van der Waals surface area contributed by atoms with E-state index in [-0.39, 0.29) is 25.7 Å². The number of unbranched alkanes of at least 4 members (excludes halogenated alkanes) is 30. The molecule has 524 valence electrons. The van der Waals surface area contributed by atoms with E-state index in [0.717, 1.165) is 127 Å². The molecule has 17 nitrogen and oxygen atoms in total. The molecule has 0 amide bonds. The van der Waals surface area contributed by atoms with Crippen molar-refractivity contribution in [2.24, 2.45) is 17.8 Å². The first-order valence-corrected chi connectivity index (χ1v) is 38.7. The average Bonchev–Trinajstić information content (AvgIpc) is 3.70. The third-order valence-electron chi connectivity index (χ3n) is 15.9. The van der Waals surface area contributed by atoms with Gasteiger partial charge in [-0.15, -0.1) is 0 Å². The zero-order valence-electron chi connectivity index (χ0n) is 57.4. The van der Waals surface area contributed by atoms with E-state index in [1.54, 1.807) is 0 Å². The Bertz CT molecular complexity index is 1840. The molecule has 0 aromatic carbocycles. The van der Waals surface area contributed by atoms with Crippen molar-refractivity contribution in [2.45, 2.75) is 343 Å². The molecule has 0 rings (SSSR count). The second-order valence-electron chi connectivity index (χ2n) is 25.8. The second kappa shape index (κ2) is 60.5. The maximum absolute atomic E-state index is 13.0. The first kappa shape index (κ1) is 86.5. The number of ether oxygens (including phenoxy) is 4. The summed E-state index contributed by atoms with van der Waals surface area (Å²) in [6.45, 7) is 11.7. The lowest BCUT2D eigenvalue weighted by atomic mass is 10.00. The number of aliphatic hydroxyl groups is 1. The van der Waals surface area contributed by atoms with Crippen molar-refractivity contribution in [1.82, 2.24) is 0 Å². The molecule has 0 aromatic heterocycles. The Kier molecular flexibility index (Phi) is 58.8. The summed E-state index contributed by atoms with van der Waals surface area (Å²) in [6.07, 6.45) is 46.7. The lowest BCUT2D eigenvalue weighted by molar-refractivity contribution is -0.161. The molecule has 0 spiro atoms. The Morgan fingerprint density at radius 2 is 0.663 bits per heavy atom. The summed E-state index contributed by atoms with van der Waals surface area (Å²) in [5.74, 6) is 0.0433. The fourth-order valence-electron chi connectivity index (χ4n) is 9.97. The summed E-state index contributed by atoms with van der Waals surface area (Å²) in [6, 6.07) is 0. The predicted octanol–water partition coefficient (Wildman–Crippen LogP) is 19.4. The third kappa shape index (κ3) is 62.7. The van der Waals surface area contributed by atoms with Gasteiger partial charge in [-0.3, -0.25) is 37.3 Å². The van der Waals surface area contributed by atoms with Crippen molar-refractivity contribution < 1.29 is 80.2 Å². The highest BCUT2D eigenvalue weighted by Gasteiger charge is 2.30. The van der Waals surface area contributed by atoms with Crippen molar-refractivity contribution in [3.8, 4) is 0 Å². The Morgan fingerprint density at radius 3 is 1.00 bits per heavy atom. The first-order valence-electron chi connectivity index (χ1n) is 35.7. The van der Waals surface area contributed by atoms with Crippen molar-refractivity contribution in [2.75, 3.05) is 39.6 Å². The van der Waals surface area contributed by atoms with E-state index in [2.05, 4.69) is 72.8 Å². The zero-order chi connectivity index (χ0) is 65.9. The Labute approximate surface area is 542 Å². The molecule has 0 radical (unpaired) electrons. The van der Waals surface area contributed by atoms with Crippen LogP contribution in [0.1, 0.15) is 325 Å². The number of rotatable bonds is 66. The van der Waals surface area contributed by atoms with Crippen LogP contribution in [0.3, 0.4) is 0 Å². The van der Waals surface area contributed by atoms with Crippen LogP contribution in [0.2, 0.25) is 0 Å². The molecule has 0 aliphatic rings. The topological polar surface area (TPSA) is 237 Å². The van der Waals surface area contributed by atoms with Crippen LogP contribution in [0.4, 0.5) is 0 Å². The number of phosphoric acid groups is 2. The van der Waals surface area contributed by atoms with Gasteiger partial charge in [-0.2, -0.15) is 0 Å². The molecular formula is C70H132O17P2. The first-order chi connectivity index (χ1) is 42.8. The van der Waals surface area contributed by atoms with Gasteiger partial charge in [-0.05, 0) is 69.1 Å². The Morgan fingerprint density at radius 1 is 0.371 bits per heavy atom. The summed E-state index contributed by atoms with van der Waals surface area (Å²) >= 11 is 0. The number of phosphoric ester groups is 2. The lowest BCUT2D eigenvalue weighted by Crippen LogP contribution is -2.30. The van der Waals surface area contributed by atoms with E-state index in [1.165, 1.54) is 116 Å². The van der Waals surface area contributed by atoms with Crippen molar-refractivity contribution >= 4 is 39.5 Å². The minimum absolute atomic E-state index is 0.0836. The van der Waals surface area contributed by atoms with Gasteiger partial charge in [0.2, 0.25) is 0 Å². The summed E-state index contributed by atoms with van der Waals surface area (Å²) in [7, 11) is -9.91. The molecule has 3 N–H and O–H groups in total. The molecule has 0 saturated carbocycles. The molecule has 0 aliphatic carbocycles. The molecule has 0 heterocycles. The van der Waals surface area contributed by atoms with Gasteiger partial charge >= 0.3 is 39.5 Å². The number of hydrogen-bond acceptors (Lipinski definition) is 15. The molecule has 0 fully saturated rings. The minimum Gasteiger partial charge on any atom is -0.462 e. The van der Waals surface area contributed by atoms with Crippen LogP contribution in [0.25, 0.3) is 0 Å². The maximum atomic E-state index is 13.0. The quantitative estimate of drug-likeness (QED) is 0.0169. The number of allylic oxidation sites excluding steroid dienone is 4. The highest BCUT2D eigenvalue weighted by molar-refractivity contribution is 7.47. The van der Waals surface area contributed by atoms with Crippen LogP contribution < -0.4 is 0 Å². The van der Waals surface area contributed by atoms with E-state index in [1.807, 2.05) is 0 Å². The Hall–Kier alpha value is -2.46. The number of esters is 4. The third-order valence-corrected chi connectivity index (χ3v) is 17.8. The molecule has 4 unspecified atom stereocenters. The van der Waals surface area contributed by atoms with Crippen LogP contribution in [-0.4, -0.2) is 96.7 Å². The standard InChI is InChI=1S/C70H132O17P2/c1-8-10-11-12-13-14-15-16-17-18-19-23-30-39-46-53-69(74)87-66(58-81-68(73)52-45-38-33-32-36-43-50-63(7)9-2)60-85-89(78,79)83-56-64(71)55-82-88(76,77)84-59-65(57-80-67(72)51-44-37-29-26-25-28-35-42-49-62(5)6)86-70(75)54-47-40-31-24-21-20-22-27-34-41-48-61(3)4/h14-17,61-66,71H,8-13,18-60H2,1-7H3,(H,76,77)(H,78,79)/b15-14-,17-16-/t63?,64?,65-,66-/m1/s1. The normalized spacial score (nSPS) is 14.7. The van der Waals surface area contributed by atoms with Crippen molar-refractivity contribution in [3.05, 3.63) is 24.3 Å². The van der Waals surface area contributed by atoms with E-state index in [4.69, 9.17) is 37.0 Å². The van der Waals surface area contributed by atoms with Gasteiger partial charge in [0.15, 0.2) is 12.2 Å². The van der Waals surface area contributed by atoms with Crippen LogP contribution in [0, 0.1) is 17.8 Å². The van der Waals surface area contributed by atoms with E-state index in [0.29, 0.717) is 25.7 Å². The van der Waals surface area contributed by atoms with Gasteiger partial charge in [0, 0.05) is 25.7 Å². The second-order valence-corrected chi connectivity index (χ2v) is 28.7. The van der Waals surface area contributed by atoms with E-state index >= 15 is 0 Å². The summed E-state index contributed by atoms with van der Waals surface area (Å²) in [5.41, 5.74) is 0. The molecule has 0 bridgehead atoms. The number of carbonyl (C=O) groups excluding carboxylic acids is 4. The highest BCUT2D eigenvalue weighted by Crippen LogP contribution is 2.45. The lowest BCUT2D eigenvalue weighted by Gasteiger charge is -2.21. The molecule has 0 aliphatic heterocycles. The summed E-state index contributed by atoms with van der Waals surface area (Å²) in [4.78, 5) is 72.5. The van der Waals surface area contributed by atoms with Crippen molar-refractivity contribution in [3.63, 3.8) is 0 Å². The van der Waals surface area contributed by atoms with Crippen LogP contribution in [-0.2, 0) is 65.4 Å². The largest absolute Gasteiger partial charge is 0.472 e. The monoisotopic (exact) mass is 1310 g/mol. The van der Waals surface area contributed by atoms with E-state index < -0.39 is 97.5 Å². The van der Waals surface area contributed by atoms with Crippen LogP contribution in [0.15, 0.2) is 24.3 Å². The van der Waals surface area contributed by atoms with Gasteiger partial charge in [0.1, 0.15) is 19.3 Å². The predicted molar refractivity (Wildman–Crippen MR) is 358 cm³/mol. The van der Waals surface area contributed by atoms with Crippen LogP contribution >= 0.6 is 15.6 Å². The van der Waals surface area contributed by atoms with Gasteiger partial charge in [0.05, 0.1) is 26.4 Å². The number of carbonyl (C=O) groups is 4. The summed E-state index contributed by atoms with van der Waals surface area (Å²) < 4.78 is 68.2. The van der Waals surface area contributed by atoms with Gasteiger partial charge < -0.3 is 33.8 Å². The molecule has 0 aromatic rings. The molecular weight excluding hydrogens is 1170 g/mol. The summed E-state index contributed by atoms with van der Waals surface area (Å²) in [5, 5.41) is 10.6.